The van der Waals surface area contributed by atoms with Gasteiger partial charge in [0.05, 0.1) is 13.2 Å². The van der Waals surface area contributed by atoms with Crippen LogP contribution >= 0.6 is 12.2 Å². The average molecular weight is 296 g/mol. The van der Waals surface area contributed by atoms with Gasteiger partial charge in [-0.2, -0.15) is 0 Å². The fraction of sp³-hybridized carbons (Fsp3) is 0.118. The molecular weight excluding hydrogens is 280 g/mol. The first-order valence-corrected chi connectivity index (χ1v) is 7.16. The highest BCUT2D eigenvalue weighted by Crippen LogP contribution is 2.24. The van der Waals surface area contributed by atoms with E-state index >= 15 is 0 Å². The topological polar surface area (TPSA) is 33.3 Å². The Morgan fingerprint density at radius 2 is 1.71 bits per heavy atom. The van der Waals surface area contributed by atoms with Crippen molar-refractivity contribution in [2.75, 3.05) is 7.11 Å². The molecule has 3 rings (SSSR count). The van der Waals surface area contributed by atoms with E-state index in [-0.39, 0.29) is 6.04 Å². The molecule has 1 aliphatic heterocycles. The van der Waals surface area contributed by atoms with Gasteiger partial charge in [-0.1, -0.05) is 42.5 Å². The van der Waals surface area contributed by atoms with Crippen molar-refractivity contribution in [3.63, 3.8) is 0 Å². The maximum atomic E-state index is 5.32. The van der Waals surface area contributed by atoms with Crippen molar-refractivity contribution < 1.29 is 4.74 Å². The van der Waals surface area contributed by atoms with E-state index in [1.54, 1.807) is 7.11 Å². The van der Waals surface area contributed by atoms with Gasteiger partial charge in [-0.05, 0) is 41.6 Å². The zero-order chi connectivity index (χ0) is 14.7. The molecule has 0 spiro atoms. The van der Waals surface area contributed by atoms with Crippen LogP contribution in [0.25, 0.3) is 5.70 Å². The summed E-state index contributed by atoms with van der Waals surface area (Å²) >= 11 is 5.32. The standard InChI is InChI=1S/C17H16N2OS/c1-20-14-9-7-13(8-10-14)16-11-15(18-17(21)19-16)12-5-3-2-4-6-12/h2-11,16H,1H3,(H2,18,19,21)/t16-/m0/s1. The van der Waals surface area contributed by atoms with Crippen LogP contribution in [0.1, 0.15) is 17.2 Å². The molecule has 3 nitrogen and oxygen atoms in total. The molecule has 4 heteroatoms. The lowest BCUT2D eigenvalue weighted by atomic mass is 10.0. The Bertz CT molecular complexity index is 665. The van der Waals surface area contributed by atoms with Gasteiger partial charge in [0, 0.05) is 5.70 Å². The monoisotopic (exact) mass is 296 g/mol. The summed E-state index contributed by atoms with van der Waals surface area (Å²) in [5, 5.41) is 7.12. The van der Waals surface area contributed by atoms with Crippen molar-refractivity contribution in [3.8, 4) is 5.75 Å². The van der Waals surface area contributed by atoms with E-state index in [1.165, 1.54) is 0 Å². The second kappa shape index (κ2) is 5.97. The molecule has 0 unspecified atom stereocenters. The molecular formula is C17H16N2OS. The second-order valence-electron chi connectivity index (χ2n) is 4.80. The molecule has 1 aliphatic rings. The molecule has 0 saturated heterocycles. The number of hydrogen-bond donors (Lipinski definition) is 2. The highest BCUT2D eigenvalue weighted by atomic mass is 32.1. The fourth-order valence-electron chi connectivity index (χ4n) is 2.33. The fourth-order valence-corrected chi connectivity index (χ4v) is 2.56. The molecule has 1 atom stereocenters. The van der Waals surface area contributed by atoms with E-state index in [4.69, 9.17) is 17.0 Å². The Morgan fingerprint density at radius 3 is 2.38 bits per heavy atom. The van der Waals surface area contributed by atoms with E-state index in [9.17, 15) is 0 Å². The van der Waals surface area contributed by atoms with Crippen molar-refractivity contribution in [1.82, 2.24) is 10.6 Å². The summed E-state index contributed by atoms with van der Waals surface area (Å²) in [7, 11) is 1.67. The minimum Gasteiger partial charge on any atom is -0.497 e. The maximum Gasteiger partial charge on any atom is 0.171 e. The molecule has 0 aliphatic carbocycles. The SMILES string of the molecule is COc1ccc([C@@H]2C=C(c3ccccc3)NC(=S)N2)cc1. The summed E-state index contributed by atoms with van der Waals surface area (Å²) in [6.07, 6.45) is 2.15. The highest BCUT2D eigenvalue weighted by Gasteiger charge is 2.18. The summed E-state index contributed by atoms with van der Waals surface area (Å²) in [6, 6.07) is 18.2. The van der Waals surface area contributed by atoms with Crippen LogP contribution in [-0.2, 0) is 0 Å². The normalized spacial score (nSPS) is 17.5. The molecule has 21 heavy (non-hydrogen) atoms. The quantitative estimate of drug-likeness (QED) is 0.852. The number of thiocarbonyl (C=S) groups is 1. The van der Waals surface area contributed by atoms with Crippen LogP contribution in [0.3, 0.4) is 0 Å². The summed E-state index contributed by atoms with van der Waals surface area (Å²) in [5.41, 5.74) is 3.30. The number of ether oxygens (including phenoxy) is 1. The first-order valence-electron chi connectivity index (χ1n) is 6.75. The predicted octanol–water partition coefficient (Wildman–Crippen LogP) is 3.26. The van der Waals surface area contributed by atoms with Crippen LogP contribution in [-0.4, -0.2) is 12.2 Å². The van der Waals surface area contributed by atoms with E-state index in [1.807, 2.05) is 42.5 Å². The molecule has 0 saturated carbocycles. The Kier molecular flexibility index (Phi) is 3.88. The molecule has 2 aromatic rings. The minimum absolute atomic E-state index is 0.0554. The van der Waals surface area contributed by atoms with Gasteiger partial charge in [-0.25, -0.2) is 0 Å². The van der Waals surface area contributed by atoms with E-state index in [2.05, 4.69) is 28.8 Å². The van der Waals surface area contributed by atoms with Crippen molar-refractivity contribution in [2.24, 2.45) is 0 Å². The number of rotatable bonds is 3. The highest BCUT2D eigenvalue weighted by molar-refractivity contribution is 7.80. The third-order valence-electron chi connectivity index (χ3n) is 3.43. The van der Waals surface area contributed by atoms with Gasteiger partial charge >= 0.3 is 0 Å². The van der Waals surface area contributed by atoms with Crippen LogP contribution < -0.4 is 15.4 Å². The van der Waals surface area contributed by atoms with Crippen molar-refractivity contribution >= 4 is 23.0 Å². The third kappa shape index (κ3) is 3.06. The lowest BCUT2D eigenvalue weighted by molar-refractivity contribution is 0.414. The maximum absolute atomic E-state index is 5.32. The van der Waals surface area contributed by atoms with Crippen LogP contribution in [0.2, 0.25) is 0 Å². The first-order chi connectivity index (χ1) is 10.3. The Balaban J connectivity index is 1.92. The third-order valence-corrected chi connectivity index (χ3v) is 3.65. The molecule has 0 bridgehead atoms. The van der Waals surface area contributed by atoms with Gasteiger partial charge in [0.25, 0.3) is 0 Å². The lowest BCUT2D eigenvalue weighted by Gasteiger charge is -2.26. The van der Waals surface area contributed by atoms with Gasteiger partial charge in [-0.3, -0.25) is 0 Å². The first kappa shape index (κ1) is 13.6. The van der Waals surface area contributed by atoms with Crippen molar-refractivity contribution in [2.45, 2.75) is 6.04 Å². The van der Waals surface area contributed by atoms with E-state index in [0.717, 1.165) is 22.6 Å². The predicted molar refractivity (Wildman–Crippen MR) is 89.0 cm³/mol. The van der Waals surface area contributed by atoms with Gasteiger partial charge < -0.3 is 15.4 Å². The molecule has 106 valence electrons. The number of hydrogen-bond acceptors (Lipinski definition) is 2. The Morgan fingerprint density at radius 1 is 1.00 bits per heavy atom. The Labute approximate surface area is 129 Å². The molecule has 0 aromatic heterocycles. The van der Waals surface area contributed by atoms with E-state index in [0.29, 0.717) is 5.11 Å². The van der Waals surface area contributed by atoms with Gasteiger partial charge in [0.15, 0.2) is 5.11 Å². The second-order valence-corrected chi connectivity index (χ2v) is 5.20. The smallest absolute Gasteiger partial charge is 0.171 e. The number of methoxy groups -OCH3 is 1. The summed E-state index contributed by atoms with van der Waals surface area (Å²) in [4.78, 5) is 0. The van der Waals surface area contributed by atoms with Crippen molar-refractivity contribution in [1.29, 1.82) is 0 Å². The van der Waals surface area contributed by atoms with Gasteiger partial charge in [-0.15, -0.1) is 0 Å². The zero-order valence-electron chi connectivity index (χ0n) is 11.7. The molecule has 1 heterocycles. The van der Waals surface area contributed by atoms with E-state index < -0.39 is 0 Å². The molecule has 0 radical (unpaired) electrons. The summed E-state index contributed by atoms with van der Waals surface area (Å²) in [6.45, 7) is 0. The van der Waals surface area contributed by atoms with Crippen LogP contribution in [0, 0.1) is 0 Å². The average Bonchev–Trinajstić information content (AvgIpc) is 2.55. The number of benzene rings is 2. The molecule has 2 aromatic carbocycles. The largest absolute Gasteiger partial charge is 0.497 e. The van der Waals surface area contributed by atoms with Crippen LogP contribution in [0.4, 0.5) is 0 Å². The Hall–Kier alpha value is -2.33. The summed E-state index contributed by atoms with van der Waals surface area (Å²) in [5.74, 6) is 0.850. The zero-order valence-corrected chi connectivity index (χ0v) is 12.5. The number of nitrogens with one attached hydrogen (secondary N) is 2. The van der Waals surface area contributed by atoms with Gasteiger partial charge in [0.2, 0.25) is 0 Å². The lowest BCUT2D eigenvalue weighted by Crippen LogP contribution is -2.40. The van der Waals surface area contributed by atoms with Crippen LogP contribution in [0.15, 0.2) is 60.7 Å². The van der Waals surface area contributed by atoms with Crippen molar-refractivity contribution in [3.05, 3.63) is 71.8 Å². The van der Waals surface area contributed by atoms with Gasteiger partial charge in [0.1, 0.15) is 5.75 Å². The molecule has 2 N–H and O–H groups in total. The molecule has 0 fully saturated rings. The summed E-state index contributed by atoms with van der Waals surface area (Å²) < 4.78 is 5.19. The van der Waals surface area contributed by atoms with Crippen LogP contribution in [0.5, 0.6) is 5.75 Å². The minimum atomic E-state index is 0.0554. The molecule has 0 amide bonds.